The third-order valence-corrected chi connectivity index (χ3v) is 3.59. The second-order valence-electron chi connectivity index (χ2n) is 4.99. The molecule has 3 rings (SSSR count). The topological polar surface area (TPSA) is 83.1 Å². The van der Waals surface area contributed by atoms with Gasteiger partial charge in [0.05, 0.1) is 11.6 Å². The molecule has 6 heteroatoms. The van der Waals surface area contributed by atoms with Crippen LogP contribution in [0.1, 0.15) is 16.8 Å². The lowest BCUT2D eigenvalue weighted by Crippen LogP contribution is -2.36. The maximum Gasteiger partial charge on any atom is 0.253 e. The molecular formula is C15H16N4O2. The van der Waals surface area contributed by atoms with Gasteiger partial charge in [-0.2, -0.15) is 0 Å². The number of benzene rings is 1. The Hall–Kier alpha value is -2.63. The van der Waals surface area contributed by atoms with Crippen LogP contribution >= 0.6 is 0 Å². The molecule has 1 saturated heterocycles. The van der Waals surface area contributed by atoms with E-state index in [0.29, 0.717) is 18.5 Å². The van der Waals surface area contributed by atoms with Crippen molar-refractivity contribution in [3.05, 3.63) is 36.0 Å². The Morgan fingerprint density at radius 1 is 1.33 bits per heavy atom. The minimum atomic E-state index is -0.206. The molecule has 0 spiro atoms. The molecule has 1 fully saturated rings. The maximum atomic E-state index is 12.4. The first-order chi connectivity index (χ1) is 10.2. The zero-order chi connectivity index (χ0) is 14.8. The summed E-state index contributed by atoms with van der Waals surface area (Å²) in [6, 6.07) is 7.45. The van der Waals surface area contributed by atoms with Gasteiger partial charge in [0.15, 0.2) is 0 Å². The number of carbonyl (C=O) groups excluding carboxylic acids is 2. The number of amides is 2. The van der Waals surface area contributed by atoms with Crippen molar-refractivity contribution in [2.75, 3.05) is 18.9 Å². The van der Waals surface area contributed by atoms with Crippen LogP contribution in [0.15, 0.2) is 30.5 Å². The number of carbonyl (C=O) groups is 2. The van der Waals surface area contributed by atoms with Crippen molar-refractivity contribution in [3.8, 4) is 0 Å². The summed E-state index contributed by atoms with van der Waals surface area (Å²) in [6.45, 7) is 0.477. The van der Waals surface area contributed by atoms with E-state index < -0.39 is 0 Å². The molecule has 21 heavy (non-hydrogen) atoms. The van der Waals surface area contributed by atoms with Crippen LogP contribution in [-0.4, -0.2) is 36.4 Å². The van der Waals surface area contributed by atoms with E-state index >= 15 is 0 Å². The molecule has 3 N–H and O–H groups in total. The van der Waals surface area contributed by atoms with Crippen LogP contribution in [-0.2, 0) is 4.79 Å². The largest absolute Gasteiger partial charge is 0.373 e. The molecule has 1 aromatic carbocycles. The van der Waals surface area contributed by atoms with Gasteiger partial charge in [-0.1, -0.05) is 24.3 Å². The van der Waals surface area contributed by atoms with Gasteiger partial charge < -0.3 is 16.0 Å². The van der Waals surface area contributed by atoms with E-state index in [0.717, 1.165) is 16.6 Å². The number of anilines is 1. The van der Waals surface area contributed by atoms with Gasteiger partial charge in [-0.15, -0.1) is 0 Å². The number of nitrogens with one attached hydrogen (secondary N) is 3. The van der Waals surface area contributed by atoms with Crippen LogP contribution in [0.25, 0.3) is 10.8 Å². The summed E-state index contributed by atoms with van der Waals surface area (Å²) in [4.78, 5) is 27.9. The normalized spacial score (nSPS) is 17.6. The molecule has 2 amide bonds. The first kappa shape index (κ1) is 13.4. The molecule has 2 aromatic rings. The van der Waals surface area contributed by atoms with Crippen LogP contribution in [0.2, 0.25) is 0 Å². The van der Waals surface area contributed by atoms with Crippen molar-refractivity contribution in [3.63, 3.8) is 0 Å². The summed E-state index contributed by atoms with van der Waals surface area (Å²) >= 11 is 0. The zero-order valence-corrected chi connectivity index (χ0v) is 11.6. The number of rotatable bonds is 3. The molecule has 0 saturated carbocycles. The van der Waals surface area contributed by atoms with Crippen molar-refractivity contribution in [1.29, 1.82) is 0 Å². The highest BCUT2D eigenvalue weighted by atomic mass is 16.2. The van der Waals surface area contributed by atoms with Crippen molar-refractivity contribution in [1.82, 2.24) is 15.6 Å². The van der Waals surface area contributed by atoms with Crippen LogP contribution in [0.3, 0.4) is 0 Å². The van der Waals surface area contributed by atoms with Gasteiger partial charge in [-0.25, -0.2) is 4.98 Å². The monoisotopic (exact) mass is 284 g/mol. The highest BCUT2D eigenvalue weighted by Crippen LogP contribution is 2.24. The second kappa shape index (κ2) is 5.40. The molecule has 0 aliphatic carbocycles. The van der Waals surface area contributed by atoms with Gasteiger partial charge in [0.1, 0.15) is 5.82 Å². The number of hydrogen-bond donors (Lipinski definition) is 3. The maximum absolute atomic E-state index is 12.4. The smallest absolute Gasteiger partial charge is 0.253 e. The molecule has 1 aliphatic heterocycles. The van der Waals surface area contributed by atoms with Gasteiger partial charge >= 0.3 is 0 Å². The Morgan fingerprint density at radius 2 is 2.10 bits per heavy atom. The number of pyridine rings is 1. The lowest BCUT2D eigenvalue weighted by atomic mass is 10.1. The molecular weight excluding hydrogens is 268 g/mol. The third-order valence-electron chi connectivity index (χ3n) is 3.59. The molecule has 0 radical (unpaired) electrons. The molecule has 108 valence electrons. The fourth-order valence-electron chi connectivity index (χ4n) is 2.54. The standard InChI is InChI=1S/C15H16N4O2/c1-16-14-11-5-3-2-4-10(11)12(8-18-14)15(21)19-9-6-13(20)17-7-9/h2-5,8-9H,6-7H2,1H3,(H,16,18)(H,17,20)(H,19,21). The predicted octanol–water partition coefficient (Wildman–Crippen LogP) is 0.895. The molecule has 1 atom stereocenters. The summed E-state index contributed by atoms with van der Waals surface area (Å²) in [5, 5.41) is 10.3. The molecule has 2 heterocycles. The Kier molecular flexibility index (Phi) is 3.43. The SMILES string of the molecule is CNc1ncc(C(=O)NC2CNC(=O)C2)c2ccccc12. The summed E-state index contributed by atoms with van der Waals surface area (Å²) in [5.41, 5.74) is 0.518. The summed E-state index contributed by atoms with van der Waals surface area (Å²) < 4.78 is 0. The number of hydrogen-bond acceptors (Lipinski definition) is 4. The zero-order valence-electron chi connectivity index (χ0n) is 11.6. The first-order valence-electron chi connectivity index (χ1n) is 6.82. The van der Waals surface area contributed by atoms with E-state index in [1.165, 1.54) is 0 Å². The summed E-state index contributed by atoms with van der Waals surface area (Å²) in [5.74, 6) is 0.497. The minimum absolute atomic E-state index is 0.0335. The quantitative estimate of drug-likeness (QED) is 0.782. The van der Waals surface area contributed by atoms with Crippen molar-refractivity contribution in [2.45, 2.75) is 12.5 Å². The fourth-order valence-corrected chi connectivity index (χ4v) is 2.54. The van der Waals surface area contributed by atoms with E-state index in [4.69, 9.17) is 0 Å². The Balaban J connectivity index is 1.93. The average molecular weight is 284 g/mol. The van der Waals surface area contributed by atoms with Crippen molar-refractivity contribution < 1.29 is 9.59 Å². The van der Waals surface area contributed by atoms with Crippen molar-refractivity contribution in [2.24, 2.45) is 0 Å². The highest BCUT2D eigenvalue weighted by molar-refractivity contribution is 6.09. The number of fused-ring (bicyclic) bond motifs is 1. The predicted molar refractivity (Wildman–Crippen MR) is 80.2 cm³/mol. The Bertz CT molecular complexity index is 714. The van der Waals surface area contributed by atoms with Gasteiger partial charge in [0.2, 0.25) is 5.91 Å². The molecule has 6 nitrogen and oxygen atoms in total. The minimum Gasteiger partial charge on any atom is -0.373 e. The van der Waals surface area contributed by atoms with Crippen LogP contribution < -0.4 is 16.0 Å². The second-order valence-corrected chi connectivity index (χ2v) is 4.99. The lowest BCUT2D eigenvalue weighted by molar-refractivity contribution is -0.119. The van der Waals surface area contributed by atoms with Gasteiger partial charge in [0.25, 0.3) is 5.91 Å². The Labute approximate surface area is 121 Å². The molecule has 0 bridgehead atoms. The molecule has 1 unspecified atom stereocenters. The van der Waals surface area contributed by atoms with Crippen LogP contribution in [0, 0.1) is 0 Å². The van der Waals surface area contributed by atoms with E-state index in [1.54, 1.807) is 13.2 Å². The molecule has 1 aliphatic rings. The lowest BCUT2D eigenvalue weighted by Gasteiger charge is -2.13. The van der Waals surface area contributed by atoms with E-state index in [2.05, 4.69) is 20.9 Å². The summed E-state index contributed by atoms with van der Waals surface area (Å²) in [7, 11) is 1.80. The number of aromatic nitrogens is 1. The highest BCUT2D eigenvalue weighted by Gasteiger charge is 2.24. The average Bonchev–Trinajstić information content (AvgIpc) is 2.91. The fraction of sp³-hybridized carbons (Fsp3) is 0.267. The van der Waals surface area contributed by atoms with Gasteiger partial charge in [-0.05, 0) is 5.39 Å². The van der Waals surface area contributed by atoms with E-state index in [1.807, 2.05) is 24.3 Å². The molecule has 1 aromatic heterocycles. The summed E-state index contributed by atoms with van der Waals surface area (Å²) in [6.07, 6.45) is 1.89. The van der Waals surface area contributed by atoms with Crippen molar-refractivity contribution >= 4 is 28.4 Å². The van der Waals surface area contributed by atoms with Gasteiger partial charge in [0, 0.05) is 31.6 Å². The van der Waals surface area contributed by atoms with E-state index in [9.17, 15) is 9.59 Å². The first-order valence-corrected chi connectivity index (χ1v) is 6.82. The van der Waals surface area contributed by atoms with Crippen LogP contribution in [0.5, 0.6) is 0 Å². The number of nitrogens with zero attached hydrogens (tertiary/aromatic N) is 1. The van der Waals surface area contributed by atoms with Crippen LogP contribution in [0.4, 0.5) is 5.82 Å². The third kappa shape index (κ3) is 2.52. The Morgan fingerprint density at radius 3 is 2.76 bits per heavy atom. The van der Waals surface area contributed by atoms with E-state index in [-0.39, 0.29) is 17.9 Å². The van der Waals surface area contributed by atoms with Gasteiger partial charge in [-0.3, -0.25) is 9.59 Å².